The van der Waals surface area contributed by atoms with Crippen molar-refractivity contribution >= 4 is 11.7 Å². The van der Waals surface area contributed by atoms with E-state index in [1.807, 2.05) is 0 Å². The van der Waals surface area contributed by atoms with E-state index in [4.69, 9.17) is 0 Å². The maximum absolute atomic E-state index is 11.9. The summed E-state index contributed by atoms with van der Waals surface area (Å²) >= 11 is 0. The van der Waals surface area contributed by atoms with E-state index in [2.05, 4.69) is 10.6 Å². The zero-order valence-electron chi connectivity index (χ0n) is 10.5. The van der Waals surface area contributed by atoms with Crippen LogP contribution in [0.4, 0.5) is 0 Å². The minimum absolute atomic E-state index is 0.0112. The minimum Gasteiger partial charge on any atom is -0.350 e. The van der Waals surface area contributed by atoms with E-state index in [1.54, 1.807) is 24.3 Å². The van der Waals surface area contributed by atoms with Gasteiger partial charge in [0.05, 0.1) is 0 Å². The van der Waals surface area contributed by atoms with Gasteiger partial charge in [-0.05, 0) is 38.4 Å². The number of rotatable bonds is 4. The standard InChI is InChI=1S/C14H18N2O2/c1-10(17)11-4-6-12(7-5-11)14(18)16-9-13-3-2-8-15-13/h4-7,13,15H,2-3,8-9H2,1H3,(H,16,18)/t13-/m1/s1. The molecule has 0 unspecified atom stereocenters. The van der Waals surface area contributed by atoms with Crippen LogP contribution < -0.4 is 10.6 Å². The smallest absolute Gasteiger partial charge is 0.251 e. The van der Waals surface area contributed by atoms with E-state index >= 15 is 0 Å². The number of benzene rings is 1. The zero-order chi connectivity index (χ0) is 13.0. The quantitative estimate of drug-likeness (QED) is 0.789. The molecular weight excluding hydrogens is 228 g/mol. The summed E-state index contributed by atoms with van der Waals surface area (Å²) in [6.45, 7) is 3.21. The van der Waals surface area contributed by atoms with Gasteiger partial charge in [0.25, 0.3) is 5.91 Å². The number of amides is 1. The molecule has 1 heterocycles. The van der Waals surface area contributed by atoms with E-state index in [-0.39, 0.29) is 11.7 Å². The highest BCUT2D eigenvalue weighted by atomic mass is 16.1. The first-order valence-electron chi connectivity index (χ1n) is 6.29. The Morgan fingerprint density at radius 2 is 1.94 bits per heavy atom. The fraction of sp³-hybridized carbons (Fsp3) is 0.429. The van der Waals surface area contributed by atoms with Crippen molar-refractivity contribution in [3.05, 3.63) is 35.4 Å². The Morgan fingerprint density at radius 3 is 2.50 bits per heavy atom. The van der Waals surface area contributed by atoms with Crippen molar-refractivity contribution in [2.45, 2.75) is 25.8 Å². The molecule has 0 aromatic heterocycles. The lowest BCUT2D eigenvalue weighted by Crippen LogP contribution is -2.37. The first kappa shape index (κ1) is 12.8. The van der Waals surface area contributed by atoms with Crippen LogP contribution in [0.3, 0.4) is 0 Å². The summed E-state index contributed by atoms with van der Waals surface area (Å²) in [5.41, 5.74) is 1.22. The zero-order valence-corrected chi connectivity index (χ0v) is 10.5. The van der Waals surface area contributed by atoms with Gasteiger partial charge in [0.2, 0.25) is 0 Å². The van der Waals surface area contributed by atoms with E-state index in [0.717, 1.165) is 13.0 Å². The molecule has 1 aromatic carbocycles. The second-order valence-corrected chi connectivity index (χ2v) is 4.64. The number of hydrogen-bond acceptors (Lipinski definition) is 3. The molecule has 1 atom stereocenters. The first-order valence-corrected chi connectivity index (χ1v) is 6.29. The fourth-order valence-corrected chi connectivity index (χ4v) is 2.11. The molecule has 1 amide bonds. The summed E-state index contributed by atoms with van der Waals surface area (Å²) < 4.78 is 0. The van der Waals surface area contributed by atoms with Crippen LogP contribution in [0.5, 0.6) is 0 Å². The highest BCUT2D eigenvalue weighted by molar-refractivity contribution is 5.97. The van der Waals surface area contributed by atoms with Gasteiger partial charge in [-0.2, -0.15) is 0 Å². The average molecular weight is 246 g/mol. The molecule has 2 rings (SSSR count). The molecule has 1 aliphatic rings. The maximum atomic E-state index is 11.9. The minimum atomic E-state index is -0.0844. The highest BCUT2D eigenvalue weighted by Crippen LogP contribution is 2.06. The van der Waals surface area contributed by atoms with Gasteiger partial charge in [-0.3, -0.25) is 9.59 Å². The Bertz CT molecular complexity index is 434. The molecule has 1 aliphatic heterocycles. The molecular formula is C14H18N2O2. The van der Waals surface area contributed by atoms with Crippen molar-refractivity contribution < 1.29 is 9.59 Å². The van der Waals surface area contributed by atoms with Gasteiger partial charge in [0.15, 0.2) is 5.78 Å². The predicted octanol–water partition coefficient (Wildman–Crippen LogP) is 1.37. The molecule has 1 saturated heterocycles. The summed E-state index contributed by atoms with van der Waals surface area (Å²) in [5.74, 6) is -0.0732. The van der Waals surface area contributed by atoms with Crippen LogP contribution in [0.1, 0.15) is 40.5 Å². The second kappa shape index (κ2) is 5.78. The molecule has 1 fully saturated rings. The Kier molecular flexibility index (Phi) is 4.10. The third kappa shape index (κ3) is 3.17. The molecule has 0 aliphatic carbocycles. The van der Waals surface area contributed by atoms with Gasteiger partial charge in [0.1, 0.15) is 0 Å². The Labute approximate surface area is 107 Å². The summed E-state index contributed by atoms with van der Waals surface area (Å²) in [4.78, 5) is 23.0. The van der Waals surface area contributed by atoms with E-state index in [9.17, 15) is 9.59 Å². The van der Waals surface area contributed by atoms with Crippen LogP contribution in [0.2, 0.25) is 0 Å². The van der Waals surface area contributed by atoms with E-state index in [0.29, 0.717) is 23.7 Å². The van der Waals surface area contributed by atoms with Crippen LogP contribution >= 0.6 is 0 Å². The molecule has 1 aromatic rings. The molecule has 0 bridgehead atoms. The van der Waals surface area contributed by atoms with Crippen LogP contribution in [0.15, 0.2) is 24.3 Å². The third-order valence-electron chi connectivity index (χ3n) is 3.23. The van der Waals surface area contributed by atoms with Gasteiger partial charge in [0, 0.05) is 23.7 Å². The number of Topliss-reactive ketones (excluding diaryl/α,β-unsaturated/α-hetero) is 1. The number of carbonyl (C=O) groups is 2. The lowest BCUT2D eigenvalue weighted by Gasteiger charge is -2.11. The number of hydrogen-bond donors (Lipinski definition) is 2. The van der Waals surface area contributed by atoms with E-state index in [1.165, 1.54) is 13.3 Å². The monoisotopic (exact) mass is 246 g/mol. The maximum Gasteiger partial charge on any atom is 0.251 e. The van der Waals surface area contributed by atoms with Crippen LogP contribution in [-0.2, 0) is 0 Å². The van der Waals surface area contributed by atoms with Crippen molar-refractivity contribution in [3.63, 3.8) is 0 Å². The predicted molar refractivity (Wildman–Crippen MR) is 69.8 cm³/mol. The van der Waals surface area contributed by atoms with Gasteiger partial charge in [-0.15, -0.1) is 0 Å². The molecule has 0 spiro atoms. The Balaban J connectivity index is 1.89. The largest absolute Gasteiger partial charge is 0.350 e. The lowest BCUT2D eigenvalue weighted by atomic mass is 10.1. The van der Waals surface area contributed by atoms with E-state index < -0.39 is 0 Å². The molecule has 18 heavy (non-hydrogen) atoms. The van der Waals surface area contributed by atoms with Gasteiger partial charge >= 0.3 is 0 Å². The van der Waals surface area contributed by atoms with Crippen molar-refractivity contribution in [2.75, 3.05) is 13.1 Å². The molecule has 2 N–H and O–H groups in total. The van der Waals surface area contributed by atoms with Crippen molar-refractivity contribution in [2.24, 2.45) is 0 Å². The highest BCUT2D eigenvalue weighted by Gasteiger charge is 2.15. The van der Waals surface area contributed by atoms with Gasteiger partial charge in [-0.25, -0.2) is 0 Å². The normalized spacial score (nSPS) is 18.6. The third-order valence-corrected chi connectivity index (χ3v) is 3.23. The summed E-state index contributed by atoms with van der Waals surface area (Å²) in [6.07, 6.45) is 2.29. The van der Waals surface area contributed by atoms with Gasteiger partial charge < -0.3 is 10.6 Å². The SMILES string of the molecule is CC(=O)c1ccc(C(=O)NC[C@H]2CCCN2)cc1. The summed E-state index contributed by atoms with van der Waals surface area (Å²) in [6, 6.07) is 7.14. The average Bonchev–Trinajstić information content (AvgIpc) is 2.89. The molecule has 96 valence electrons. The van der Waals surface area contributed by atoms with Crippen molar-refractivity contribution in [3.8, 4) is 0 Å². The summed E-state index contributed by atoms with van der Waals surface area (Å²) in [7, 11) is 0. The van der Waals surface area contributed by atoms with Crippen LogP contribution in [0, 0.1) is 0 Å². The lowest BCUT2D eigenvalue weighted by molar-refractivity contribution is 0.0948. The van der Waals surface area contributed by atoms with Crippen LogP contribution in [0.25, 0.3) is 0 Å². The van der Waals surface area contributed by atoms with Crippen molar-refractivity contribution in [1.29, 1.82) is 0 Å². The number of carbonyl (C=O) groups excluding carboxylic acids is 2. The molecule has 0 saturated carbocycles. The number of ketones is 1. The fourth-order valence-electron chi connectivity index (χ4n) is 2.11. The topological polar surface area (TPSA) is 58.2 Å². The molecule has 0 radical (unpaired) electrons. The molecule has 4 nitrogen and oxygen atoms in total. The van der Waals surface area contributed by atoms with Crippen molar-refractivity contribution in [1.82, 2.24) is 10.6 Å². The van der Waals surface area contributed by atoms with Gasteiger partial charge in [-0.1, -0.05) is 12.1 Å². The Morgan fingerprint density at radius 1 is 1.28 bits per heavy atom. The molecule has 4 heteroatoms. The van der Waals surface area contributed by atoms with Crippen LogP contribution in [-0.4, -0.2) is 30.8 Å². The summed E-state index contributed by atoms with van der Waals surface area (Å²) in [5, 5.41) is 6.23. The Hall–Kier alpha value is -1.68. The second-order valence-electron chi connectivity index (χ2n) is 4.64. The number of nitrogens with one attached hydrogen (secondary N) is 2. The first-order chi connectivity index (χ1) is 8.66.